The van der Waals surface area contributed by atoms with Crippen LogP contribution >= 0.6 is 0 Å². The Bertz CT molecular complexity index is 347. The number of ether oxygens (including phenoxy) is 2. The van der Waals surface area contributed by atoms with Gasteiger partial charge in [0.15, 0.2) is 0 Å². The molecule has 0 saturated carbocycles. The Labute approximate surface area is 133 Å². The lowest BCUT2D eigenvalue weighted by Crippen LogP contribution is -2.52. The van der Waals surface area contributed by atoms with Gasteiger partial charge in [0.05, 0.1) is 13.2 Å². The summed E-state index contributed by atoms with van der Waals surface area (Å²) in [5, 5.41) is 0. The highest BCUT2D eigenvalue weighted by Crippen LogP contribution is 2.18. The highest BCUT2D eigenvalue weighted by molar-refractivity contribution is 5.79. The molecular weight excluding hydrogens is 282 g/mol. The first kappa shape index (κ1) is 16.2. The lowest BCUT2D eigenvalue weighted by Gasteiger charge is -2.38. The second-order valence-corrected chi connectivity index (χ2v) is 6.51. The number of amides is 1. The largest absolute Gasteiger partial charge is 0.381 e. The van der Waals surface area contributed by atoms with Gasteiger partial charge in [-0.25, -0.2) is 0 Å². The maximum absolute atomic E-state index is 12.5. The predicted octanol–water partition coefficient (Wildman–Crippen LogP) is -0.111. The third-order valence-corrected chi connectivity index (χ3v) is 5.09. The molecule has 3 saturated heterocycles. The van der Waals surface area contributed by atoms with E-state index in [2.05, 4.69) is 14.7 Å². The second kappa shape index (κ2) is 8.24. The molecule has 6 nitrogen and oxygen atoms in total. The van der Waals surface area contributed by atoms with Gasteiger partial charge in [0.1, 0.15) is 0 Å². The summed E-state index contributed by atoms with van der Waals surface area (Å²) in [7, 11) is 0. The summed E-state index contributed by atoms with van der Waals surface area (Å²) in [5.74, 6) is 0.560. The number of hydrogen-bond acceptors (Lipinski definition) is 5. The van der Waals surface area contributed by atoms with Crippen LogP contribution in [-0.4, -0.2) is 99.4 Å². The van der Waals surface area contributed by atoms with Crippen molar-refractivity contribution in [3.8, 4) is 0 Å². The third kappa shape index (κ3) is 4.41. The van der Waals surface area contributed by atoms with Gasteiger partial charge in [0, 0.05) is 71.5 Å². The summed E-state index contributed by atoms with van der Waals surface area (Å²) in [6.45, 7) is 11.4. The van der Waals surface area contributed by atoms with Crippen molar-refractivity contribution in [2.75, 3.05) is 78.8 Å². The molecule has 3 aliphatic heterocycles. The Balaban J connectivity index is 1.35. The van der Waals surface area contributed by atoms with E-state index in [1.54, 1.807) is 0 Å². The van der Waals surface area contributed by atoms with Crippen LogP contribution in [0.5, 0.6) is 0 Å². The predicted molar refractivity (Wildman–Crippen MR) is 83.8 cm³/mol. The first-order valence-electron chi connectivity index (χ1n) is 8.72. The fourth-order valence-corrected chi connectivity index (χ4v) is 3.50. The van der Waals surface area contributed by atoms with Gasteiger partial charge in [-0.2, -0.15) is 0 Å². The third-order valence-electron chi connectivity index (χ3n) is 5.09. The van der Waals surface area contributed by atoms with Crippen molar-refractivity contribution >= 4 is 5.91 Å². The molecule has 0 N–H and O–H groups in total. The van der Waals surface area contributed by atoms with Crippen molar-refractivity contribution in [3.05, 3.63) is 0 Å². The van der Waals surface area contributed by atoms with E-state index in [1.165, 1.54) is 0 Å². The van der Waals surface area contributed by atoms with E-state index in [0.717, 1.165) is 91.6 Å². The maximum Gasteiger partial charge on any atom is 0.225 e. The molecule has 3 heterocycles. The van der Waals surface area contributed by atoms with Gasteiger partial charge in [0.2, 0.25) is 5.91 Å². The number of hydrogen-bond donors (Lipinski definition) is 0. The van der Waals surface area contributed by atoms with Gasteiger partial charge in [0.25, 0.3) is 0 Å². The molecule has 6 heteroatoms. The summed E-state index contributed by atoms with van der Waals surface area (Å²) in [6.07, 6.45) is 1.80. The summed E-state index contributed by atoms with van der Waals surface area (Å²) in [6, 6.07) is 0. The molecule has 0 aromatic carbocycles. The summed E-state index contributed by atoms with van der Waals surface area (Å²) in [5.41, 5.74) is 0. The second-order valence-electron chi connectivity index (χ2n) is 6.51. The Hall–Kier alpha value is -0.690. The van der Waals surface area contributed by atoms with Crippen molar-refractivity contribution in [3.63, 3.8) is 0 Å². The smallest absolute Gasteiger partial charge is 0.225 e. The monoisotopic (exact) mass is 311 g/mol. The van der Waals surface area contributed by atoms with Gasteiger partial charge in [-0.05, 0) is 12.8 Å². The molecule has 0 radical (unpaired) electrons. The lowest BCUT2D eigenvalue weighted by molar-refractivity contribution is -0.140. The van der Waals surface area contributed by atoms with Crippen LogP contribution < -0.4 is 0 Å². The number of morpholine rings is 1. The van der Waals surface area contributed by atoms with Crippen molar-refractivity contribution in [2.45, 2.75) is 12.8 Å². The van der Waals surface area contributed by atoms with Crippen LogP contribution in [-0.2, 0) is 14.3 Å². The molecule has 0 atom stereocenters. The van der Waals surface area contributed by atoms with Crippen LogP contribution in [0.1, 0.15) is 12.8 Å². The van der Waals surface area contributed by atoms with E-state index < -0.39 is 0 Å². The SMILES string of the molecule is O=C(C1CCOCC1)N1CCN(CCN2CCOCC2)CC1. The Morgan fingerprint density at radius 2 is 1.32 bits per heavy atom. The average Bonchev–Trinajstić information content (AvgIpc) is 2.61. The van der Waals surface area contributed by atoms with E-state index in [1.807, 2.05) is 0 Å². The summed E-state index contributed by atoms with van der Waals surface area (Å²) >= 11 is 0. The number of carbonyl (C=O) groups is 1. The zero-order chi connectivity index (χ0) is 15.2. The molecule has 0 bridgehead atoms. The molecule has 0 spiro atoms. The highest BCUT2D eigenvalue weighted by Gasteiger charge is 2.28. The van der Waals surface area contributed by atoms with Gasteiger partial charge < -0.3 is 14.4 Å². The molecule has 0 aromatic heterocycles. The van der Waals surface area contributed by atoms with E-state index >= 15 is 0 Å². The van der Waals surface area contributed by atoms with Gasteiger partial charge in [-0.3, -0.25) is 14.6 Å². The molecule has 0 aliphatic carbocycles. The molecule has 0 unspecified atom stereocenters. The number of carbonyl (C=O) groups excluding carboxylic acids is 1. The Kier molecular flexibility index (Phi) is 6.06. The molecule has 126 valence electrons. The topological polar surface area (TPSA) is 45.2 Å². The van der Waals surface area contributed by atoms with Gasteiger partial charge in [-0.15, -0.1) is 0 Å². The van der Waals surface area contributed by atoms with Crippen molar-refractivity contribution in [1.82, 2.24) is 14.7 Å². The van der Waals surface area contributed by atoms with E-state index in [-0.39, 0.29) is 5.92 Å². The molecule has 22 heavy (non-hydrogen) atoms. The van der Waals surface area contributed by atoms with E-state index in [4.69, 9.17) is 9.47 Å². The van der Waals surface area contributed by atoms with Crippen molar-refractivity contribution < 1.29 is 14.3 Å². The first-order chi connectivity index (χ1) is 10.8. The molecule has 1 amide bonds. The fraction of sp³-hybridized carbons (Fsp3) is 0.938. The van der Waals surface area contributed by atoms with Crippen LogP contribution in [0.3, 0.4) is 0 Å². The van der Waals surface area contributed by atoms with Crippen molar-refractivity contribution in [2.24, 2.45) is 5.92 Å². The summed E-state index contributed by atoms with van der Waals surface area (Å²) < 4.78 is 10.7. The molecule has 3 rings (SSSR count). The van der Waals surface area contributed by atoms with Crippen LogP contribution in [0.4, 0.5) is 0 Å². The van der Waals surface area contributed by atoms with Crippen LogP contribution in [0, 0.1) is 5.92 Å². The number of piperazine rings is 1. The number of nitrogens with zero attached hydrogens (tertiary/aromatic N) is 3. The highest BCUT2D eigenvalue weighted by atomic mass is 16.5. The van der Waals surface area contributed by atoms with Crippen LogP contribution in [0.2, 0.25) is 0 Å². The van der Waals surface area contributed by atoms with E-state index in [0.29, 0.717) is 5.91 Å². The van der Waals surface area contributed by atoms with E-state index in [9.17, 15) is 4.79 Å². The summed E-state index contributed by atoms with van der Waals surface area (Å²) in [4.78, 5) is 19.5. The molecule has 0 aromatic rings. The number of rotatable bonds is 4. The zero-order valence-electron chi connectivity index (χ0n) is 13.5. The minimum atomic E-state index is 0.202. The molecular formula is C16H29N3O3. The molecule has 3 aliphatic rings. The first-order valence-corrected chi connectivity index (χ1v) is 8.72. The average molecular weight is 311 g/mol. The maximum atomic E-state index is 12.5. The Morgan fingerprint density at radius 3 is 1.95 bits per heavy atom. The normalized spacial score (nSPS) is 26.3. The van der Waals surface area contributed by atoms with Gasteiger partial charge in [-0.1, -0.05) is 0 Å². The molecule has 3 fully saturated rings. The lowest BCUT2D eigenvalue weighted by atomic mass is 9.98. The fourth-order valence-electron chi connectivity index (χ4n) is 3.50. The van der Waals surface area contributed by atoms with Crippen molar-refractivity contribution in [1.29, 1.82) is 0 Å². The zero-order valence-corrected chi connectivity index (χ0v) is 13.5. The van der Waals surface area contributed by atoms with Crippen LogP contribution in [0.25, 0.3) is 0 Å². The van der Waals surface area contributed by atoms with Crippen LogP contribution in [0.15, 0.2) is 0 Å². The Morgan fingerprint density at radius 1 is 0.773 bits per heavy atom. The minimum absolute atomic E-state index is 0.202. The quantitative estimate of drug-likeness (QED) is 0.725. The van der Waals surface area contributed by atoms with Gasteiger partial charge >= 0.3 is 0 Å². The standard InChI is InChI=1S/C16H29N3O3/c20-16(15-1-11-21-12-2-15)19-7-5-17(6-8-19)3-4-18-9-13-22-14-10-18/h15H,1-14H2. The minimum Gasteiger partial charge on any atom is -0.381 e.